The Morgan fingerprint density at radius 3 is 1.94 bits per heavy atom. The monoisotopic (exact) mass is 274 g/mol. The van der Waals surface area contributed by atoms with Gasteiger partial charge in [-0.25, -0.2) is 8.42 Å². The second kappa shape index (κ2) is 5.30. The van der Waals surface area contributed by atoms with Crippen molar-refractivity contribution in [2.24, 2.45) is 0 Å². The van der Waals surface area contributed by atoms with Crippen molar-refractivity contribution in [2.45, 2.75) is 12.3 Å². The molecule has 0 aliphatic heterocycles. The van der Waals surface area contributed by atoms with Gasteiger partial charge in [0.15, 0.2) is 9.84 Å². The summed E-state index contributed by atoms with van der Waals surface area (Å²) in [6.07, 6.45) is 1.23. The van der Waals surface area contributed by atoms with Crippen LogP contribution in [0.4, 0.5) is 0 Å². The molecular weight excluding hydrogens is 256 g/mol. The molecule has 0 spiro atoms. The molecule has 0 heterocycles. The molecule has 0 N–H and O–H groups in total. The molecule has 4 nitrogen and oxygen atoms in total. The summed E-state index contributed by atoms with van der Waals surface area (Å²) in [4.78, 5) is 0. The molecule has 0 atom stereocenters. The molecule has 17 heavy (non-hydrogen) atoms. The maximum atomic E-state index is 11.2. The minimum absolute atomic E-state index is 0.0610. The van der Waals surface area contributed by atoms with Crippen LogP contribution in [0.15, 0.2) is 24.3 Å². The van der Waals surface area contributed by atoms with E-state index in [9.17, 15) is 8.42 Å². The molecule has 0 fully saturated rings. The first-order valence-electron chi connectivity index (χ1n) is 5.18. The number of sulfone groups is 1. The quantitative estimate of drug-likeness (QED) is 0.745. The minimum atomic E-state index is -2.99. The van der Waals surface area contributed by atoms with Crippen molar-refractivity contribution in [3.63, 3.8) is 0 Å². The fraction of sp³-hybridized carbons (Fsp3) is 0.455. The Labute approximate surface area is 104 Å². The summed E-state index contributed by atoms with van der Waals surface area (Å²) in [5.74, 6) is 0.0610. The summed E-state index contributed by atoms with van der Waals surface area (Å²) in [5, 5.41) is 0.986. The molecule has 0 radical (unpaired) electrons. The zero-order valence-electron chi connectivity index (χ0n) is 10.6. The van der Waals surface area contributed by atoms with Crippen molar-refractivity contribution in [3.05, 3.63) is 29.8 Å². The predicted octanol–water partition coefficient (Wildman–Crippen LogP) is 0.803. The van der Waals surface area contributed by atoms with Crippen LogP contribution in [0.3, 0.4) is 0 Å². The molecule has 0 bridgehead atoms. The highest BCUT2D eigenvalue weighted by Gasteiger charge is 2.31. The van der Waals surface area contributed by atoms with E-state index in [1.165, 1.54) is 6.26 Å². The molecule has 0 aromatic heterocycles. The molecule has 6 heteroatoms. The molecular formula is C11H18O4SSi. The predicted molar refractivity (Wildman–Crippen MR) is 70.3 cm³/mol. The largest absolute Gasteiger partial charge is 0.394 e. The summed E-state index contributed by atoms with van der Waals surface area (Å²) in [5.41, 5.74) is 0.778. The average molecular weight is 274 g/mol. The van der Waals surface area contributed by atoms with Gasteiger partial charge in [0.1, 0.15) is 0 Å². The molecule has 96 valence electrons. The van der Waals surface area contributed by atoms with Crippen LogP contribution in [0.1, 0.15) is 5.56 Å². The van der Waals surface area contributed by atoms with Crippen molar-refractivity contribution >= 4 is 23.6 Å². The number of hydrogen-bond donors (Lipinski definition) is 0. The lowest BCUT2D eigenvalue weighted by Crippen LogP contribution is -2.49. The van der Waals surface area contributed by atoms with Crippen molar-refractivity contribution in [3.8, 4) is 0 Å². The highest BCUT2D eigenvalue weighted by molar-refractivity contribution is 7.89. The standard InChI is InChI=1S/C11H18O4SSi/c1-14-17(4,15-2)11-7-5-10(6-8-11)9-16(3,12)13/h5-8H,9H2,1-4H3. The van der Waals surface area contributed by atoms with Crippen molar-refractivity contribution < 1.29 is 17.3 Å². The van der Waals surface area contributed by atoms with Gasteiger partial charge in [-0.15, -0.1) is 0 Å². The lowest BCUT2D eigenvalue weighted by atomic mass is 10.2. The van der Waals surface area contributed by atoms with Gasteiger partial charge in [-0.3, -0.25) is 0 Å². The van der Waals surface area contributed by atoms with E-state index in [-0.39, 0.29) is 5.75 Å². The Morgan fingerprint density at radius 2 is 1.59 bits per heavy atom. The first kappa shape index (κ1) is 14.4. The van der Waals surface area contributed by atoms with Gasteiger partial charge in [-0.2, -0.15) is 0 Å². The molecule has 0 saturated heterocycles. The fourth-order valence-electron chi connectivity index (χ4n) is 1.53. The molecule has 1 rings (SSSR count). The van der Waals surface area contributed by atoms with Gasteiger partial charge >= 0.3 is 8.56 Å². The minimum Gasteiger partial charge on any atom is -0.394 e. The van der Waals surface area contributed by atoms with E-state index in [4.69, 9.17) is 8.85 Å². The molecule has 0 aliphatic carbocycles. The lowest BCUT2D eigenvalue weighted by molar-refractivity contribution is 0.265. The summed E-state index contributed by atoms with van der Waals surface area (Å²) in [6, 6.07) is 7.36. The molecule has 0 aliphatic rings. The Kier molecular flexibility index (Phi) is 4.48. The van der Waals surface area contributed by atoms with Crippen LogP contribution in [0.5, 0.6) is 0 Å². The second-order valence-corrected chi connectivity index (χ2v) is 9.55. The zero-order valence-corrected chi connectivity index (χ0v) is 12.4. The van der Waals surface area contributed by atoms with E-state index >= 15 is 0 Å². The van der Waals surface area contributed by atoms with Gasteiger partial charge in [-0.05, 0) is 17.3 Å². The number of hydrogen-bond acceptors (Lipinski definition) is 4. The summed E-state index contributed by atoms with van der Waals surface area (Å²) >= 11 is 0. The molecule has 0 unspecified atom stereocenters. The van der Waals surface area contributed by atoms with Crippen molar-refractivity contribution in [2.75, 3.05) is 20.5 Å². The third-order valence-electron chi connectivity index (χ3n) is 2.69. The Hall–Kier alpha value is -0.693. The summed E-state index contributed by atoms with van der Waals surface area (Å²) in [7, 11) is -2.04. The first-order valence-corrected chi connectivity index (χ1v) is 9.56. The van der Waals surface area contributed by atoms with Gasteiger partial charge < -0.3 is 8.85 Å². The van der Waals surface area contributed by atoms with E-state index in [0.717, 1.165) is 10.8 Å². The van der Waals surface area contributed by atoms with Crippen LogP contribution in [-0.4, -0.2) is 37.5 Å². The SMILES string of the molecule is CO[Si](C)(OC)c1ccc(CS(C)(=O)=O)cc1. The van der Waals surface area contributed by atoms with Gasteiger partial charge in [0.2, 0.25) is 0 Å². The molecule has 0 amide bonds. The zero-order chi connectivity index (χ0) is 13.1. The average Bonchev–Trinajstić information content (AvgIpc) is 2.27. The molecule has 1 aromatic carbocycles. The van der Waals surface area contributed by atoms with E-state index in [2.05, 4.69) is 0 Å². The maximum Gasteiger partial charge on any atom is 0.368 e. The third kappa shape index (κ3) is 3.92. The van der Waals surface area contributed by atoms with Crippen LogP contribution < -0.4 is 5.19 Å². The van der Waals surface area contributed by atoms with Gasteiger partial charge in [-0.1, -0.05) is 24.3 Å². The Bertz CT molecular complexity index is 463. The van der Waals surface area contributed by atoms with Crippen molar-refractivity contribution in [1.29, 1.82) is 0 Å². The van der Waals surface area contributed by atoms with Gasteiger partial charge in [0.05, 0.1) is 5.75 Å². The summed E-state index contributed by atoms with van der Waals surface area (Å²) in [6.45, 7) is 1.94. The number of benzene rings is 1. The lowest BCUT2D eigenvalue weighted by Gasteiger charge is -2.23. The van der Waals surface area contributed by atoms with E-state index in [0.29, 0.717) is 0 Å². The summed E-state index contributed by atoms with van der Waals surface area (Å²) < 4.78 is 33.1. The van der Waals surface area contributed by atoms with Crippen LogP contribution in [0.25, 0.3) is 0 Å². The Morgan fingerprint density at radius 1 is 1.12 bits per heavy atom. The molecule has 1 aromatic rings. The highest BCUT2D eigenvalue weighted by Crippen LogP contribution is 2.08. The van der Waals surface area contributed by atoms with Crippen molar-refractivity contribution in [1.82, 2.24) is 0 Å². The van der Waals surface area contributed by atoms with Crippen LogP contribution >= 0.6 is 0 Å². The fourth-order valence-corrected chi connectivity index (χ4v) is 3.73. The maximum absolute atomic E-state index is 11.2. The van der Waals surface area contributed by atoms with Crippen LogP contribution in [0.2, 0.25) is 6.55 Å². The third-order valence-corrected chi connectivity index (χ3v) is 6.48. The van der Waals surface area contributed by atoms with E-state index in [1.807, 2.05) is 18.7 Å². The topological polar surface area (TPSA) is 52.6 Å². The van der Waals surface area contributed by atoms with Crippen LogP contribution in [0, 0.1) is 0 Å². The second-order valence-electron chi connectivity index (χ2n) is 4.12. The number of rotatable bonds is 5. The first-order chi connectivity index (χ1) is 7.80. The van der Waals surface area contributed by atoms with E-state index in [1.54, 1.807) is 26.4 Å². The Balaban J connectivity index is 2.96. The van der Waals surface area contributed by atoms with Gasteiger partial charge in [0.25, 0.3) is 0 Å². The highest BCUT2D eigenvalue weighted by atomic mass is 32.2. The molecule has 0 saturated carbocycles. The van der Waals surface area contributed by atoms with E-state index < -0.39 is 18.4 Å². The van der Waals surface area contributed by atoms with Gasteiger partial charge in [0, 0.05) is 20.5 Å². The smallest absolute Gasteiger partial charge is 0.368 e. The van der Waals surface area contributed by atoms with Crippen LogP contribution in [-0.2, 0) is 24.4 Å². The normalized spacial score (nSPS) is 12.7.